The van der Waals surface area contributed by atoms with Gasteiger partial charge in [0.05, 0.1) is 12.5 Å². The van der Waals surface area contributed by atoms with E-state index >= 15 is 0 Å². The Hall–Kier alpha value is -3.63. The van der Waals surface area contributed by atoms with Crippen LogP contribution in [-0.4, -0.2) is 36.3 Å². The maximum Gasteiger partial charge on any atom is 0.290 e. The van der Waals surface area contributed by atoms with Crippen LogP contribution in [0.15, 0.2) is 52.9 Å². The number of hydrogen-bond donors (Lipinski definition) is 1. The minimum Gasteiger partial charge on any atom is -0.450 e. The molecule has 0 radical (unpaired) electrons. The first kappa shape index (κ1) is 20.6. The molecule has 0 saturated carbocycles. The van der Waals surface area contributed by atoms with Crippen molar-refractivity contribution in [2.75, 3.05) is 19.6 Å². The molecule has 0 aliphatic carbocycles. The number of carbonyl (C=O) groups excluding carboxylic acids is 2. The normalized spacial score (nSPS) is 13.6. The molecule has 1 saturated heterocycles. The molecule has 8 heteroatoms. The molecule has 0 atom stereocenters. The molecule has 1 aromatic heterocycles. The van der Waals surface area contributed by atoms with E-state index in [4.69, 9.17) is 21.3 Å². The number of carbonyl (C=O) groups is 2. The van der Waals surface area contributed by atoms with Crippen LogP contribution in [0, 0.1) is 17.1 Å². The highest BCUT2D eigenvalue weighted by molar-refractivity contribution is 6.30. The Labute approximate surface area is 182 Å². The van der Waals surface area contributed by atoms with E-state index in [-0.39, 0.29) is 29.7 Å². The topological polar surface area (TPSA) is 86.3 Å². The summed E-state index contributed by atoms with van der Waals surface area (Å²) in [6.07, 6.45) is 0.213. The van der Waals surface area contributed by atoms with E-state index in [1.807, 2.05) is 6.07 Å². The average molecular weight is 438 g/mol. The number of benzene rings is 2. The van der Waals surface area contributed by atoms with Crippen molar-refractivity contribution in [2.45, 2.75) is 6.42 Å². The first-order valence-corrected chi connectivity index (χ1v) is 9.95. The van der Waals surface area contributed by atoms with Crippen LogP contribution in [0.25, 0.3) is 22.5 Å². The van der Waals surface area contributed by atoms with Crippen LogP contribution in [0.5, 0.6) is 0 Å². The van der Waals surface area contributed by atoms with Gasteiger partial charge in [0.1, 0.15) is 18.1 Å². The largest absolute Gasteiger partial charge is 0.450 e. The van der Waals surface area contributed by atoms with Gasteiger partial charge < -0.3 is 14.6 Å². The zero-order chi connectivity index (χ0) is 22.0. The van der Waals surface area contributed by atoms with Crippen LogP contribution in [0.3, 0.4) is 0 Å². The van der Waals surface area contributed by atoms with E-state index in [2.05, 4.69) is 11.4 Å². The van der Waals surface area contributed by atoms with Crippen LogP contribution in [0.1, 0.15) is 16.1 Å². The molecule has 2 heterocycles. The number of nitrogens with zero attached hydrogens (tertiary/aromatic N) is 2. The third-order valence-electron chi connectivity index (χ3n) is 4.91. The van der Waals surface area contributed by atoms with Crippen molar-refractivity contribution in [1.29, 1.82) is 5.26 Å². The lowest BCUT2D eigenvalue weighted by Gasteiger charge is -2.25. The fraction of sp³-hybridized carbons (Fsp3) is 0.174. The third-order valence-corrected chi connectivity index (χ3v) is 5.13. The average Bonchev–Trinajstić information content (AvgIpc) is 3.18. The summed E-state index contributed by atoms with van der Waals surface area (Å²) >= 11 is 6.05. The van der Waals surface area contributed by atoms with Crippen LogP contribution >= 0.6 is 11.6 Å². The summed E-state index contributed by atoms with van der Waals surface area (Å²) in [6, 6.07) is 14.9. The molecule has 1 aliphatic heterocycles. The van der Waals surface area contributed by atoms with Gasteiger partial charge in [0.25, 0.3) is 5.91 Å². The Morgan fingerprint density at radius 3 is 2.81 bits per heavy atom. The van der Waals surface area contributed by atoms with Gasteiger partial charge in [-0.3, -0.25) is 9.59 Å². The Morgan fingerprint density at radius 2 is 2.06 bits per heavy atom. The monoisotopic (exact) mass is 437 g/mol. The minimum atomic E-state index is -0.520. The number of rotatable bonds is 4. The molecule has 6 nitrogen and oxygen atoms in total. The van der Waals surface area contributed by atoms with Crippen molar-refractivity contribution < 1.29 is 18.4 Å². The molecule has 0 unspecified atom stereocenters. The van der Waals surface area contributed by atoms with Gasteiger partial charge in [-0.2, -0.15) is 5.26 Å². The second kappa shape index (κ2) is 8.62. The van der Waals surface area contributed by atoms with Gasteiger partial charge in [-0.1, -0.05) is 29.8 Å². The molecule has 156 valence electrons. The van der Waals surface area contributed by atoms with Gasteiger partial charge in [-0.15, -0.1) is 0 Å². The summed E-state index contributed by atoms with van der Waals surface area (Å²) in [5.41, 5.74) is 2.35. The molecule has 1 N–H and O–H groups in total. The smallest absolute Gasteiger partial charge is 0.290 e. The summed E-state index contributed by atoms with van der Waals surface area (Å²) in [7, 11) is 0. The standard InChI is InChI=1S/C23H17ClFN3O3/c24-17-9-16(10-18(25)11-17)19-12-20(23(30)28-7-6-27-21(29)13-28)31-22(19)15-3-1-2-14(8-15)4-5-26/h1-3,8-12H,4,6-7,13H2,(H,27,29). The molecular formula is C23H17ClFN3O3. The van der Waals surface area contributed by atoms with Crippen molar-refractivity contribution in [3.05, 3.63) is 70.7 Å². The number of nitrogens with one attached hydrogen (secondary N) is 1. The highest BCUT2D eigenvalue weighted by atomic mass is 35.5. The van der Waals surface area contributed by atoms with E-state index in [0.717, 1.165) is 5.56 Å². The molecule has 0 bridgehead atoms. The van der Waals surface area contributed by atoms with E-state index in [1.165, 1.54) is 23.1 Å². The summed E-state index contributed by atoms with van der Waals surface area (Å²) in [4.78, 5) is 26.1. The second-order valence-electron chi connectivity index (χ2n) is 7.12. The summed E-state index contributed by atoms with van der Waals surface area (Å²) in [6.45, 7) is 0.660. The highest BCUT2D eigenvalue weighted by Crippen LogP contribution is 2.37. The van der Waals surface area contributed by atoms with Crippen LogP contribution in [-0.2, 0) is 11.2 Å². The maximum atomic E-state index is 14.0. The number of piperazine rings is 1. The Bertz CT molecular complexity index is 1190. The molecule has 0 spiro atoms. The first-order valence-electron chi connectivity index (χ1n) is 9.57. The van der Waals surface area contributed by atoms with Crippen LogP contribution in [0.2, 0.25) is 5.02 Å². The molecule has 1 aliphatic rings. The van der Waals surface area contributed by atoms with Gasteiger partial charge in [-0.05, 0) is 41.5 Å². The van der Waals surface area contributed by atoms with Gasteiger partial charge in [0.15, 0.2) is 5.76 Å². The van der Waals surface area contributed by atoms with Crippen LogP contribution < -0.4 is 5.32 Å². The fourth-order valence-corrected chi connectivity index (χ4v) is 3.74. The quantitative estimate of drug-likeness (QED) is 0.667. The van der Waals surface area contributed by atoms with Crippen molar-refractivity contribution >= 4 is 23.4 Å². The van der Waals surface area contributed by atoms with Gasteiger partial charge in [0, 0.05) is 29.2 Å². The third kappa shape index (κ3) is 4.44. The zero-order valence-corrected chi connectivity index (χ0v) is 17.1. The predicted octanol–water partition coefficient (Wildman–Crippen LogP) is 4.04. The summed E-state index contributed by atoms with van der Waals surface area (Å²) < 4.78 is 20.0. The van der Waals surface area contributed by atoms with Crippen molar-refractivity contribution in [2.24, 2.45) is 0 Å². The number of amides is 2. The van der Waals surface area contributed by atoms with Crippen LogP contribution in [0.4, 0.5) is 4.39 Å². The highest BCUT2D eigenvalue weighted by Gasteiger charge is 2.27. The van der Waals surface area contributed by atoms with Gasteiger partial charge in [-0.25, -0.2) is 4.39 Å². The lowest BCUT2D eigenvalue weighted by Crippen LogP contribution is -2.49. The van der Waals surface area contributed by atoms with E-state index in [9.17, 15) is 14.0 Å². The summed E-state index contributed by atoms with van der Waals surface area (Å²) in [5, 5.41) is 11.9. The molecule has 31 heavy (non-hydrogen) atoms. The fourth-order valence-electron chi connectivity index (χ4n) is 3.52. The van der Waals surface area contributed by atoms with E-state index < -0.39 is 11.7 Å². The molecule has 2 aromatic carbocycles. The minimum absolute atomic E-state index is 0.0331. The first-order chi connectivity index (χ1) is 14.9. The number of nitriles is 1. The molecule has 2 amide bonds. The molecular weight excluding hydrogens is 421 g/mol. The van der Waals surface area contributed by atoms with Gasteiger partial charge in [0.2, 0.25) is 5.91 Å². The SMILES string of the molecule is N#CCc1cccc(-c2oc(C(=O)N3CCNC(=O)C3)cc2-c2cc(F)cc(Cl)c2)c1. The van der Waals surface area contributed by atoms with Crippen molar-refractivity contribution in [3.8, 4) is 28.5 Å². The Kier molecular flexibility index (Phi) is 5.74. The van der Waals surface area contributed by atoms with E-state index in [0.29, 0.717) is 35.5 Å². The Morgan fingerprint density at radius 1 is 1.23 bits per heavy atom. The zero-order valence-electron chi connectivity index (χ0n) is 16.3. The lowest BCUT2D eigenvalue weighted by atomic mass is 10.00. The number of halogens is 2. The molecule has 4 rings (SSSR count). The number of furan rings is 1. The summed E-state index contributed by atoms with van der Waals surface area (Å²) in [5.74, 6) is -0.809. The van der Waals surface area contributed by atoms with Crippen molar-refractivity contribution in [3.63, 3.8) is 0 Å². The molecule has 3 aromatic rings. The molecule has 1 fully saturated rings. The maximum absolute atomic E-state index is 14.0. The lowest BCUT2D eigenvalue weighted by molar-refractivity contribution is -0.123. The van der Waals surface area contributed by atoms with E-state index in [1.54, 1.807) is 24.3 Å². The predicted molar refractivity (Wildman–Crippen MR) is 113 cm³/mol. The van der Waals surface area contributed by atoms with Crippen molar-refractivity contribution in [1.82, 2.24) is 10.2 Å². The van der Waals surface area contributed by atoms with Gasteiger partial charge >= 0.3 is 0 Å². The second-order valence-corrected chi connectivity index (χ2v) is 7.56. The number of hydrogen-bond acceptors (Lipinski definition) is 4. The Balaban J connectivity index is 1.82.